The quantitative estimate of drug-likeness (QED) is 0.0267. The third-order valence-electron chi connectivity index (χ3n) is 9.57. The lowest BCUT2D eigenvalue weighted by Gasteiger charge is -2.18. The molecule has 320 valence electrons. The van der Waals surface area contributed by atoms with Gasteiger partial charge in [0.15, 0.2) is 6.10 Å². The third-order valence-corrected chi connectivity index (χ3v) is 9.57. The number of carbonyl (C=O) groups excluding carboxylic acids is 3. The predicted octanol–water partition coefficient (Wildman–Crippen LogP) is 14.7. The summed E-state index contributed by atoms with van der Waals surface area (Å²) in [7, 11) is 0. The summed E-state index contributed by atoms with van der Waals surface area (Å²) in [4.78, 5) is 37.7. The highest BCUT2D eigenvalue weighted by Crippen LogP contribution is 2.14. The van der Waals surface area contributed by atoms with Gasteiger partial charge in [0.2, 0.25) is 0 Å². The summed E-state index contributed by atoms with van der Waals surface area (Å²) in [6.45, 7) is 6.37. The van der Waals surface area contributed by atoms with Crippen molar-refractivity contribution in [3.8, 4) is 0 Å². The molecule has 0 heterocycles. The molecule has 0 aliphatic rings. The molecule has 0 N–H and O–H groups in total. The van der Waals surface area contributed by atoms with Crippen molar-refractivity contribution >= 4 is 17.9 Å². The highest BCUT2D eigenvalue weighted by atomic mass is 16.6. The zero-order valence-electron chi connectivity index (χ0n) is 36.4. The van der Waals surface area contributed by atoms with Crippen LogP contribution in [0, 0.1) is 0 Å². The van der Waals surface area contributed by atoms with E-state index in [9.17, 15) is 14.4 Å². The van der Waals surface area contributed by atoms with Crippen molar-refractivity contribution in [1.82, 2.24) is 0 Å². The van der Waals surface area contributed by atoms with Gasteiger partial charge in [-0.1, -0.05) is 203 Å². The maximum Gasteiger partial charge on any atom is 0.306 e. The molecular formula is C50H84O6. The largest absolute Gasteiger partial charge is 0.462 e. The Morgan fingerprint density at radius 2 is 0.714 bits per heavy atom. The Morgan fingerprint density at radius 3 is 1.16 bits per heavy atom. The first kappa shape index (κ1) is 52.9. The summed E-state index contributed by atoms with van der Waals surface area (Å²) >= 11 is 0. The first-order valence-electron chi connectivity index (χ1n) is 23.0. The van der Waals surface area contributed by atoms with Crippen molar-refractivity contribution in [2.24, 2.45) is 0 Å². The molecule has 0 amide bonds. The number of ether oxygens (including phenoxy) is 3. The molecular weight excluding hydrogens is 697 g/mol. The fourth-order valence-corrected chi connectivity index (χ4v) is 6.08. The fourth-order valence-electron chi connectivity index (χ4n) is 6.08. The molecule has 0 bridgehead atoms. The highest BCUT2D eigenvalue weighted by Gasteiger charge is 2.19. The van der Waals surface area contributed by atoms with Crippen molar-refractivity contribution in [1.29, 1.82) is 0 Å². The van der Waals surface area contributed by atoms with E-state index in [0.717, 1.165) is 77.0 Å². The number of hydrogen-bond donors (Lipinski definition) is 0. The Morgan fingerprint density at radius 1 is 0.375 bits per heavy atom. The Hall–Kier alpha value is -3.15. The average molecular weight is 781 g/mol. The minimum Gasteiger partial charge on any atom is -0.462 e. The Labute approximate surface area is 344 Å². The molecule has 0 radical (unpaired) electrons. The lowest BCUT2D eigenvalue weighted by Crippen LogP contribution is -2.30. The van der Waals surface area contributed by atoms with Crippen molar-refractivity contribution in [2.45, 2.75) is 213 Å². The number of unbranched alkanes of at least 4 members (excludes halogenated alkanes) is 21. The van der Waals surface area contributed by atoms with Crippen molar-refractivity contribution in [3.63, 3.8) is 0 Å². The zero-order valence-corrected chi connectivity index (χ0v) is 36.4. The lowest BCUT2D eigenvalue weighted by molar-refractivity contribution is -0.167. The molecule has 6 nitrogen and oxygen atoms in total. The van der Waals surface area contributed by atoms with Gasteiger partial charge in [0, 0.05) is 19.3 Å². The van der Waals surface area contributed by atoms with Crippen LogP contribution in [0.4, 0.5) is 0 Å². The van der Waals surface area contributed by atoms with E-state index in [1.54, 1.807) is 0 Å². The van der Waals surface area contributed by atoms with Crippen LogP contribution in [0.15, 0.2) is 72.9 Å². The number of carbonyl (C=O) groups is 3. The minimum atomic E-state index is -0.802. The maximum atomic E-state index is 12.7. The topological polar surface area (TPSA) is 78.9 Å². The van der Waals surface area contributed by atoms with Gasteiger partial charge in [0.1, 0.15) is 13.2 Å². The van der Waals surface area contributed by atoms with Crippen LogP contribution in [0.2, 0.25) is 0 Å². The molecule has 0 aliphatic carbocycles. The van der Waals surface area contributed by atoms with Crippen molar-refractivity contribution < 1.29 is 28.6 Å². The molecule has 1 atom stereocenters. The van der Waals surface area contributed by atoms with Gasteiger partial charge in [0.05, 0.1) is 0 Å². The number of esters is 3. The fraction of sp³-hybridized carbons (Fsp3) is 0.700. The molecule has 56 heavy (non-hydrogen) atoms. The van der Waals surface area contributed by atoms with Gasteiger partial charge in [-0.25, -0.2) is 0 Å². The normalized spacial score (nSPS) is 12.7. The van der Waals surface area contributed by atoms with E-state index >= 15 is 0 Å². The van der Waals surface area contributed by atoms with Gasteiger partial charge < -0.3 is 14.2 Å². The molecule has 1 unspecified atom stereocenters. The van der Waals surface area contributed by atoms with Crippen LogP contribution in [-0.2, 0) is 28.6 Å². The zero-order chi connectivity index (χ0) is 40.8. The Balaban J connectivity index is 4.47. The molecule has 0 aliphatic heterocycles. The van der Waals surface area contributed by atoms with E-state index in [2.05, 4.69) is 57.2 Å². The summed E-state index contributed by atoms with van der Waals surface area (Å²) in [6, 6.07) is 0. The second-order valence-corrected chi connectivity index (χ2v) is 15.1. The number of allylic oxidation sites excluding steroid dienone is 12. The third kappa shape index (κ3) is 42.0. The van der Waals surface area contributed by atoms with Gasteiger partial charge in [-0.05, 0) is 57.8 Å². The molecule has 0 saturated carbocycles. The summed E-state index contributed by atoms with van der Waals surface area (Å²) in [5.74, 6) is -0.972. The lowest BCUT2D eigenvalue weighted by atomic mass is 10.0. The van der Waals surface area contributed by atoms with Gasteiger partial charge in [-0.2, -0.15) is 0 Å². The SMILES string of the molecule is CC\C=C/C=C\C=C/C=C\CCCCCC(=O)OC(COC(=O)CCCCC/C=C\C=C/CCCC)COC(=O)CCCCCCCCCCCCCCCC. The summed E-state index contributed by atoms with van der Waals surface area (Å²) < 4.78 is 16.6. The molecule has 6 heteroatoms. The van der Waals surface area contributed by atoms with E-state index in [-0.39, 0.29) is 37.5 Å². The number of hydrogen-bond acceptors (Lipinski definition) is 6. The average Bonchev–Trinajstić information content (AvgIpc) is 3.19. The van der Waals surface area contributed by atoms with Gasteiger partial charge in [0.25, 0.3) is 0 Å². The molecule has 0 rings (SSSR count). The van der Waals surface area contributed by atoms with Crippen LogP contribution in [-0.4, -0.2) is 37.2 Å². The van der Waals surface area contributed by atoms with E-state index in [0.29, 0.717) is 19.3 Å². The Bertz CT molecular complexity index is 1080. The molecule has 0 spiro atoms. The van der Waals surface area contributed by atoms with E-state index in [1.165, 1.54) is 83.5 Å². The highest BCUT2D eigenvalue weighted by molar-refractivity contribution is 5.71. The van der Waals surface area contributed by atoms with Crippen LogP contribution >= 0.6 is 0 Å². The van der Waals surface area contributed by atoms with E-state index in [4.69, 9.17) is 14.2 Å². The summed E-state index contributed by atoms with van der Waals surface area (Å²) in [5, 5.41) is 0. The standard InChI is InChI=1S/C50H84O6/c1-4-7-10-13-16-19-22-24-26-28-31-34-37-40-43-49(52)55-46-47(45-54-48(51)42-39-36-33-30-27-21-18-15-12-9-6-3)56-50(53)44-41-38-35-32-29-25-23-20-17-14-11-8-5-2/h8,11,14-15,17-18,20-21,23,25,27,29,47H,4-7,9-10,12-13,16,19,22,24,26,28,30-46H2,1-3H3/b11-8-,17-14-,18-15-,23-20-,27-21-,29-25-. The summed E-state index contributed by atoms with van der Waals surface area (Å²) in [5.41, 5.74) is 0. The molecule has 0 saturated heterocycles. The van der Waals surface area contributed by atoms with Gasteiger partial charge >= 0.3 is 17.9 Å². The minimum absolute atomic E-state index is 0.0991. The van der Waals surface area contributed by atoms with Crippen LogP contribution in [0.5, 0.6) is 0 Å². The van der Waals surface area contributed by atoms with E-state index < -0.39 is 6.10 Å². The van der Waals surface area contributed by atoms with E-state index in [1.807, 2.05) is 36.5 Å². The van der Waals surface area contributed by atoms with Crippen molar-refractivity contribution in [2.75, 3.05) is 13.2 Å². The van der Waals surface area contributed by atoms with Crippen LogP contribution in [0.1, 0.15) is 207 Å². The summed E-state index contributed by atoms with van der Waals surface area (Å²) in [6.07, 6.45) is 54.6. The molecule has 0 aromatic heterocycles. The molecule has 0 fully saturated rings. The maximum absolute atomic E-state index is 12.7. The van der Waals surface area contributed by atoms with Crippen LogP contribution < -0.4 is 0 Å². The van der Waals surface area contributed by atoms with Gasteiger partial charge in [-0.3, -0.25) is 14.4 Å². The second-order valence-electron chi connectivity index (χ2n) is 15.1. The van der Waals surface area contributed by atoms with Crippen LogP contribution in [0.3, 0.4) is 0 Å². The Kier molecular flexibility index (Phi) is 42.1. The monoisotopic (exact) mass is 781 g/mol. The van der Waals surface area contributed by atoms with Crippen molar-refractivity contribution in [3.05, 3.63) is 72.9 Å². The first-order valence-corrected chi connectivity index (χ1v) is 23.0. The van der Waals surface area contributed by atoms with Gasteiger partial charge in [-0.15, -0.1) is 0 Å². The smallest absolute Gasteiger partial charge is 0.306 e. The second kappa shape index (κ2) is 44.6. The predicted molar refractivity (Wildman–Crippen MR) is 238 cm³/mol. The van der Waals surface area contributed by atoms with Crippen LogP contribution in [0.25, 0.3) is 0 Å². The molecule has 0 aromatic carbocycles. The molecule has 0 aromatic rings. The first-order chi connectivity index (χ1) is 27.5. The number of rotatable bonds is 40.